The highest BCUT2D eigenvalue weighted by Crippen LogP contribution is 2.35. The van der Waals surface area contributed by atoms with Gasteiger partial charge in [-0.2, -0.15) is 0 Å². The van der Waals surface area contributed by atoms with Crippen molar-refractivity contribution >= 4 is 23.1 Å². The Morgan fingerprint density at radius 2 is 2.00 bits per heavy atom. The maximum atomic E-state index is 12.2. The van der Waals surface area contributed by atoms with Crippen LogP contribution in [0, 0.1) is 11.3 Å². The quantitative estimate of drug-likeness (QED) is 0.700. The van der Waals surface area contributed by atoms with Crippen LogP contribution in [-0.2, 0) is 4.79 Å². The molecular weight excluding hydrogens is 220 g/mol. The lowest BCUT2D eigenvalue weighted by molar-refractivity contribution is -0.128. The standard InChI is InChI=1S/C12H22N2OS/c1-4-8-7-9(8)14-11(15)12(5-2,6-3)10(13)16/h8-9H,4-7H2,1-3H3,(H2,13,16)(H,14,15). The molecular formula is C12H22N2OS. The molecule has 1 amide bonds. The fraction of sp³-hybridized carbons (Fsp3) is 0.833. The van der Waals surface area contributed by atoms with Crippen LogP contribution in [0.3, 0.4) is 0 Å². The molecule has 0 bridgehead atoms. The van der Waals surface area contributed by atoms with Crippen LogP contribution in [0.4, 0.5) is 0 Å². The smallest absolute Gasteiger partial charge is 0.233 e. The molecule has 0 aromatic carbocycles. The van der Waals surface area contributed by atoms with E-state index in [9.17, 15) is 4.79 Å². The Labute approximate surface area is 103 Å². The summed E-state index contributed by atoms with van der Waals surface area (Å²) in [6, 6.07) is 0.351. The van der Waals surface area contributed by atoms with Crippen molar-refractivity contribution in [2.45, 2.75) is 52.5 Å². The Morgan fingerprint density at radius 1 is 1.44 bits per heavy atom. The fourth-order valence-electron chi connectivity index (χ4n) is 2.21. The van der Waals surface area contributed by atoms with Gasteiger partial charge in [0.05, 0.1) is 10.4 Å². The van der Waals surface area contributed by atoms with Crippen LogP contribution in [0.25, 0.3) is 0 Å². The van der Waals surface area contributed by atoms with E-state index in [2.05, 4.69) is 12.2 Å². The van der Waals surface area contributed by atoms with E-state index in [1.165, 1.54) is 0 Å². The molecule has 0 saturated heterocycles. The normalized spacial score (nSPS) is 23.9. The van der Waals surface area contributed by atoms with Crippen LogP contribution in [0.15, 0.2) is 0 Å². The van der Waals surface area contributed by atoms with E-state index in [-0.39, 0.29) is 5.91 Å². The van der Waals surface area contributed by atoms with Crippen molar-refractivity contribution in [1.29, 1.82) is 0 Å². The summed E-state index contributed by atoms with van der Waals surface area (Å²) in [7, 11) is 0. The van der Waals surface area contributed by atoms with Gasteiger partial charge in [-0.3, -0.25) is 4.79 Å². The topological polar surface area (TPSA) is 55.1 Å². The summed E-state index contributed by atoms with van der Waals surface area (Å²) in [5, 5.41) is 3.07. The maximum absolute atomic E-state index is 12.2. The van der Waals surface area contributed by atoms with Crippen molar-refractivity contribution in [2.75, 3.05) is 0 Å². The highest BCUT2D eigenvalue weighted by molar-refractivity contribution is 7.80. The third-order valence-corrected chi connectivity index (χ3v) is 4.27. The molecule has 0 heterocycles. The first kappa shape index (κ1) is 13.4. The highest BCUT2D eigenvalue weighted by atomic mass is 32.1. The molecule has 16 heavy (non-hydrogen) atoms. The van der Waals surface area contributed by atoms with E-state index in [0.29, 0.717) is 29.8 Å². The van der Waals surface area contributed by atoms with Crippen LogP contribution in [0.5, 0.6) is 0 Å². The minimum absolute atomic E-state index is 0.0194. The zero-order chi connectivity index (χ0) is 12.3. The Bertz CT molecular complexity index is 287. The molecule has 1 rings (SSSR count). The number of carbonyl (C=O) groups excluding carboxylic acids is 1. The van der Waals surface area contributed by atoms with Crippen LogP contribution >= 0.6 is 12.2 Å². The summed E-state index contributed by atoms with van der Waals surface area (Å²) in [5.74, 6) is 0.674. The van der Waals surface area contributed by atoms with Crippen molar-refractivity contribution in [3.05, 3.63) is 0 Å². The summed E-state index contributed by atoms with van der Waals surface area (Å²) in [6.07, 6.45) is 3.58. The van der Waals surface area contributed by atoms with Gasteiger partial charge in [-0.1, -0.05) is 39.4 Å². The largest absolute Gasteiger partial charge is 0.392 e. The van der Waals surface area contributed by atoms with Crippen molar-refractivity contribution < 1.29 is 4.79 Å². The molecule has 3 nitrogen and oxygen atoms in total. The summed E-state index contributed by atoms with van der Waals surface area (Å²) in [5.41, 5.74) is 5.08. The van der Waals surface area contributed by atoms with E-state index < -0.39 is 5.41 Å². The van der Waals surface area contributed by atoms with E-state index >= 15 is 0 Å². The van der Waals surface area contributed by atoms with Gasteiger partial charge in [-0.05, 0) is 25.2 Å². The predicted molar refractivity (Wildman–Crippen MR) is 70.1 cm³/mol. The van der Waals surface area contributed by atoms with Crippen molar-refractivity contribution in [3.63, 3.8) is 0 Å². The molecule has 4 heteroatoms. The molecule has 1 saturated carbocycles. The summed E-state index contributed by atoms with van der Waals surface area (Å²) < 4.78 is 0. The number of carbonyl (C=O) groups is 1. The molecule has 0 radical (unpaired) electrons. The van der Waals surface area contributed by atoms with Crippen LogP contribution < -0.4 is 11.1 Å². The first-order valence-electron chi connectivity index (χ1n) is 6.12. The highest BCUT2D eigenvalue weighted by Gasteiger charge is 2.43. The molecule has 1 aliphatic carbocycles. The first-order chi connectivity index (χ1) is 7.51. The maximum Gasteiger partial charge on any atom is 0.233 e. The minimum Gasteiger partial charge on any atom is -0.392 e. The number of nitrogens with one attached hydrogen (secondary N) is 1. The van der Waals surface area contributed by atoms with Gasteiger partial charge in [-0.25, -0.2) is 0 Å². The Morgan fingerprint density at radius 3 is 2.31 bits per heavy atom. The molecule has 1 aliphatic rings. The molecule has 1 fully saturated rings. The summed E-state index contributed by atoms with van der Waals surface area (Å²) >= 11 is 5.05. The number of amides is 1. The third-order valence-electron chi connectivity index (χ3n) is 3.88. The molecule has 92 valence electrons. The van der Waals surface area contributed by atoms with Crippen molar-refractivity contribution in [3.8, 4) is 0 Å². The number of nitrogens with two attached hydrogens (primary N) is 1. The van der Waals surface area contributed by atoms with Crippen molar-refractivity contribution in [2.24, 2.45) is 17.1 Å². The van der Waals surface area contributed by atoms with Gasteiger partial charge < -0.3 is 11.1 Å². The van der Waals surface area contributed by atoms with Gasteiger partial charge in [0.15, 0.2) is 0 Å². The van der Waals surface area contributed by atoms with Gasteiger partial charge in [0.1, 0.15) is 0 Å². The Balaban J connectivity index is 2.65. The average molecular weight is 242 g/mol. The van der Waals surface area contributed by atoms with Crippen LogP contribution in [0.2, 0.25) is 0 Å². The lowest BCUT2D eigenvalue weighted by atomic mass is 9.81. The SMILES string of the molecule is CCC1CC1NC(=O)C(CC)(CC)C(N)=S. The van der Waals surface area contributed by atoms with Crippen LogP contribution in [-0.4, -0.2) is 16.9 Å². The molecule has 0 aromatic heterocycles. The van der Waals surface area contributed by atoms with Crippen LogP contribution in [0.1, 0.15) is 46.5 Å². The summed E-state index contributed by atoms with van der Waals surface area (Å²) in [4.78, 5) is 12.5. The van der Waals surface area contributed by atoms with E-state index in [0.717, 1.165) is 12.8 Å². The van der Waals surface area contributed by atoms with E-state index in [4.69, 9.17) is 18.0 Å². The second-order valence-electron chi connectivity index (χ2n) is 4.64. The van der Waals surface area contributed by atoms with Crippen molar-refractivity contribution in [1.82, 2.24) is 5.32 Å². The first-order valence-corrected chi connectivity index (χ1v) is 6.53. The number of hydrogen-bond donors (Lipinski definition) is 2. The number of thiocarbonyl (C=S) groups is 1. The molecule has 2 unspecified atom stereocenters. The Kier molecular flexibility index (Phi) is 4.30. The van der Waals surface area contributed by atoms with E-state index in [1.807, 2.05) is 13.8 Å². The number of hydrogen-bond acceptors (Lipinski definition) is 2. The van der Waals surface area contributed by atoms with E-state index in [1.54, 1.807) is 0 Å². The number of rotatable bonds is 6. The summed E-state index contributed by atoms with van der Waals surface area (Å²) in [6.45, 7) is 6.08. The zero-order valence-electron chi connectivity index (χ0n) is 10.4. The monoisotopic (exact) mass is 242 g/mol. The average Bonchev–Trinajstić information content (AvgIpc) is 2.98. The fourth-order valence-corrected chi connectivity index (χ4v) is 2.59. The Hall–Kier alpha value is -0.640. The third kappa shape index (κ3) is 2.37. The zero-order valence-corrected chi connectivity index (χ0v) is 11.2. The molecule has 0 aliphatic heterocycles. The minimum atomic E-state index is -0.643. The lowest BCUT2D eigenvalue weighted by Crippen LogP contribution is -2.49. The van der Waals surface area contributed by atoms with Gasteiger partial charge >= 0.3 is 0 Å². The van der Waals surface area contributed by atoms with Gasteiger partial charge in [0.2, 0.25) is 5.91 Å². The predicted octanol–water partition coefficient (Wildman–Crippen LogP) is 1.99. The molecule has 0 spiro atoms. The van der Waals surface area contributed by atoms with Gasteiger partial charge in [-0.15, -0.1) is 0 Å². The molecule has 3 N–H and O–H groups in total. The van der Waals surface area contributed by atoms with Gasteiger partial charge in [0.25, 0.3) is 0 Å². The second kappa shape index (κ2) is 5.13. The molecule has 2 atom stereocenters. The molecule has 0 aromatic rings. The second-order valence-corrected chi connectivity index (χ2v) is 5.08. The lowest BCUT2D eigenvalue weighted by Gasteiger charge is -2.29. The van der Waals surface area contributed by atoms with Gasteiger partial charge in [0, 0.05) is 6.04 Å².